The zero-order chi connectivity index (χ0) is 7.72. The molecule has 0 atom stereocenters. The van der Waals surface area contributed by atoms with E-state index >= 15 is 0 Å². The van der Waals surface area contributed by atoms with Crippen molar-refractivity contribution >= 4 is 40.6 Å². The first-order valence-corrected chi connectivity index (χ1v) is 4.04. The van der Waals surface area contributed by atoms with E-state index in [2.05, 4.69) is 25.9 Å². The molecule has 0 unspecified atom stereocenters. The normalized spacial score (nSPS) is 9.00. The Bertz CT molecular complexity index is 284. The summed E-state index contributed by atoms with van der Waals surface area (Å²) in [5.41, 5.74) is 1.96. The van der Waals surface area contributed by atoms with Crippen LogP contribution in [0.5, 0.6) is 0 Å². The maximum absolute atomic E-state index is 4.86. The maximum atomic E-state index is 4.86. The number of aromatic amines is 1. The number of nitrogens with one attached hydrogen (secondary N) is 1. The van der Waals surface area contributed by atoms with Crippen molar-refractivity contribution in [2.24, 2.45) is 0 Å². The van der Waals surface area contributed by atoms with Gasteiger partial charge in [0.15, 0.2) is 4.77 Å². The van der Waals surface area contributed by atoms with Gasteiger partial charge < -0.3 is 4.98 Å². The van der Waals surface area contributed by atoms with Gasteiger partial charge in [-0.1, -0.05) is 0 Å². The van der Waals surface area contributed by atoms with Gasteiger partial charge in [-0.25, -0.2) is 4.98 Å². The Morgan fingerprint density at radius 2 is 2.00 bits per heavy atom. The van der Waals surface area contributed by atoms with Crippen molar-refractivity contribution in [2.45, 2.75) is 13.8 Å². The van der Waals surface area contributed by atoms with Crippen molar-refractivity contribution < 1.29 is 0 Å². The van der Waals surface area contributed by atoms with Crippen LogP contribution >= 0.6 is 40.6 Å². The predicted molar refractivity (Wildman–Crippen MR) is 53.8 cm³/mol. The molecule has 0 saturated heterocycles. The predicted octanol–water partition coefficient (Wildman–Crippen LogP) is 2.94. The van der Waals surface area contributed by atoms with Crippen molar-refractivity contribution in [3.63, 3.8) is 0 Å². The van der Waals surface area contributed by atoms with Crippen molar-refractivity contribution in [1.82, 2.24) is 9.97 Å². The fraction of sp³-hybridized carbons (Fsp3) is 0.333. The molecule has 0 aliphatic heterocycles. The first-order chi connectivity index (χ1) is 4.61. The van der Waals surface area contributed by atoms with Crippen molar-refractivity contribution in [3.05, 3.63) is 20.6 Å². The molecule has 0 saturated carbocycles. The topological polar surface area (TPSA) is 28.7 Å². The van der Waals surface area contributed by atoms with Gasteiger partial charge in [-0.05, 0) is 42.0 Å². The van der Waals surface area contributed by atoms with E-state index in [0.717, 1.165) is 15.9 Å². The molecule has 0 fully saturated rings. The summed E-state index contributed by atoms with van der Waals surface area (Å²) in [6.07, 6.45) is 0. The summed E-state index contributed by atoms with van der Waals surface area (Å²) in [4.78, 5) is 6.98. The van der Waals surface area contributed by atoms with Crippen LogP contribution in [0.4, 0.5) is 0 Å². The first-order valence-electron chi connectivity index (χ1n) is 2.84. The Labute approximate surface area is 85.0 Å². The van der Waals surface area contributed by atoms with Crippen LogP contribution in [0.25, 0.3) is 0 Å². The highest BCUT2D eigenvalue weighted by Gasteiger charge is 1.98. The van der Waals surface area contributed by atoms with Gasteiger partial charge in [-0.3, -0.25) is 0 Å². The fourth-order valence-corrected chi connectivity index (χ4v) is 1.19. The summed E-state index contributed by atoms with van der Waals surface area (Å²) in [5.74, 6) is 0. The molecular weight excluding hydrogens is 248 g/mol. The number of hydrogen-bond donors (Lipinski definition) is 1. The lowest BCUT2D eigenvalue weighted by Gasteiger charge is -1.99. The van der Waals surface area contributed by atoms with Gasteiger partial charge in [0, 0.05) is 5.69 Å². The average molecular weight is 256 g/mol. The van der Waals surface area contributed by atoms with Crippen LogP contribution in [0.2, 0.25) is 0 Å². The molecule has 0 amide bonds. The van der Waals surface area contributed by atoms with Gasteiger partial charge in [0.05, 0.1) is 10.2 Å². The molecule has 5 heteroatoms. The molecule has 0 spiro atoms. The molecule has 0 aromatic carbocycles. The molecule has 2 nitrogen and oxygen atoms in total. The molecule has 1 heterocycles. The molecule has 62 valence electrons. The van der Waals surface area contributed by atoms with E-state index in [4.69, 9.17) is 12.2 Å². The quantitative estimate of drug-likeness (QED) is 0.722. The minimum Gasteiger partial charge on any atom is -0.334 e. The first kappa shape index (κ1) is 11.1. The van der Waals surface area contributed by atoms with Crippen molar-refractivity contribution in [3.8, 4) is 0 Å². The van der Waals surface area contributed by atoms with E-state index < -0.39 is 0 Å². The number of aryl methyl sites for hydroxylation is 2. The number of halogens is 2. The highest BCUT2D eigenvalue weighted by Crippen LogP contribution is 2.15. The second-order valence-corrected chi connectivity index (χ2v) is 3.25. The van der Waals surface area contributed by atoms with Gasteiger partial charge in [0.2, 0.25) is 0 Å². The molecule has 11 heavy (non-hydrogen) atoms. The lowest BCUT2D eigenvalue weighted by Crippen LogP contribution is -1.91. The third kappa shape index (κ3) is 2.54. The minimum atomic E-state index is 0. The Balaban J connectivity index is 0.000001000. The standard InChI is InChI=1S/C6H7BrN2S.ClH/c1-3-5(7)4(2)9-6(10)8-3;/h1-2H3,(H,8,9,10);1H. The smallest absolute Gasteiger partial charge is 0.197 e. The van der Waals surface area contributed by atoms with Crippen LogP contribution in [-0.4, -0.2) is 9.97 Å². The molecular formula is C6H8BrClN2S. The number of hydrogen-bond acceptors (Lipinski definition) is 2. The molecule has 1 aromatic rings. The molecule has 1 aromatic heterocycles. The Hall–Kier alpha value is 0.0700. The highest BCUT2D eigenvalue weighted by atomic mass is 79.9. The maximum Gasteiger partial charge on any atom is 0.197 e. The third-order valence-electron chi connectivity index (χ3n) is 1.21. The van der Waals surface area contributed by atoms with Crippen molar-refractivity contribution in [2.75, 3.05) is 0 Å². The summed E-state index contributed by atoms with van der Waals surface area (Å²) >= 11 is 8.23. The SMILES string of the molecule is Cc1nc(=S)[nH]c(C)c1Br.Cl. The third-order valence-corrected chi connectivity index (χ3v) is 2.57. The minimum absolute atomic E-state index is 0. The van der Waals surface area contributed by atoms with Crippen LogP contribution in [0.3, 0.4) is 0 Å². The van der Waals surface area contributed by atoms with Gasteiger partial charge in [0.25, 0.3) is 0 Å². The summed E-state index contributed by atoms with van der Waals surface area (Å²) in [6, 6.07) is 0. The summed E-state index contributed by atoms with van der Waals surface area (Å²) < 4.78 is 1.54. The summed E-state index contributed by atoms with van der Waals surface area (Å²) in [6.45, 7) is 3.87. The lowest BCUT2D eigenvalue weighted by atomic mass is 10.4. The van der Waals surface area contributed by atoms with Crippen LogP contribution in [0.1, 0.15) is 11.4 Å². The molecule has 1 rings (SSSR count). The number of nitrogens with zero attached hydrogens (tertiary/aromatic N) is 1. The van der Waals surface area contributed by atoms with Crippen LogP contribution < -0.4 is 0 Å². The van der Waals surface area contributed by atoms with Crippen LogP contribution in [0.15, 0.2) is 4.47 Å². The van der Waals surface area contributed by atoms with Gasteiger partial charge in [0.1, 0.15) is 0 Å². The van der Waals surface area contributed by atoms with Crippen LogP contribution in [-0.2, 0) is 0 Å². The van der Waals surface area contributed by atoms with E-state index in [-0.39, 0.29) is 12.4 Å². The average Bonchev–Trinajstić information content (AvgIpc) is 1.82. The van der Waals surface area contributed by atoms with Gasteiger partial charge in [-0.15, -0.1) is 12.4 Å². The molecule has 0 bridgehead atoms. The molecule has 1 N–H and O–H groups in total. The summed E-state index contributed by atoms with van der Waals surface area (Å²) in [7, 11) is 0. The van der Waals surface area contributed by atoms with E-state index in [0.29, 0.717) is 4.77 Å². The van der Waals surface area contributed by atoms with E-state index in [9.17, 15) is 0 Å². The zero-order valence-corrected chi connectivity index (χ0v) is 9.36. The number of H-pyrrole nitrogens is 1. The van der Waals surface area contributed by atoms with Crippen molar-refractivity contribution in [1.29, 1.82) is 0 Å². The van der Waals surface area contributed by atoms with Crippen LogP contribution in [0, 0.1) is 18.6 Å². The largest absolute Gasteiger partial charge is 0.334 e. The molecule has 0 aliphatic carbocycles. The fourth-order valence-electron chi connectivity index (χ4n) is 0.716. The van der Waals surface area contributed by atoms with E-state index in [1.807, 2.05) is 13.8 Å². The summed E-state index contributed by atoms with van der Waals surface area (Å²) in [5, 5.41) is 0. The van der Waals surface area contributed by atoms with Gasteiger partial charge >= 0.3 is 0 Å². The Morgan fingerprint density at radius 1 is 1.45 bits per heavy atom. The van der Waals surface area contributed by atoms with Gasteiger partial charge in [-0.2, -0.15) is 0 Å². The highest BCUT2D eigenvalue weighted by molar-refractivity contribution is 9.10. The second kappa shape index (κ2) is 4.18. The number of rotatable bonds is 0. The number of aromatic nitrogens is 2. The lowest BCUT2D eigenvalue weighted by molar-refractivity contribution is 1.01. The molecule has 0 radical (unpaired) electrons. The Morgan fingerprint density at radius 3 is 2.45 bits per heavy atom. The monoisotopic (exact) mass is 254 g/mol. The second-order valence-electron chi connectivity index (χ2n) is 2.07. The molecule has 0 aliphatic rings. The Kier molecular flexibility index (Phi) is 4.21. The zero-order valence-electron chi connectivity index (χ0n) is 6.14. The van der Waals surface area contributed by atoms with E-state index in [1.165, 1.54) is 0 Å². The van der Waals surface area contributed by atoms with E-state index in [1.54, 1.807) is 0 Å².